The van der Waals surface area contributed by atoms with E-state index in [2.05, 4.69) is 17.1 Å². The molecule has 2 rings (SSSR count). The van der Waals surface area contributed by atoms with Crippen LogP contribution in [0.15, 0.2) is 30.3 Å². The van der Waals surface area contributed by atoms with Crippen LogP contribution in [0.3, 0.4) is 0 Å². The number of hydrogen-bond donors (Lipinski definition) is 2. The Bertz CT molecular complexity index is 437. The smallest absolute Gasteiger partial charge is 0.241 e. The number of nitrogens with zero attached hydrogens (tertiary/aromatic N) is 1. The molecule has 0 radical (unpaired) electrons. The standard InChI is InChI=1S/C17H27N3O.2ClH/c1-2-10-20-11-8-14(9-12-20)13-19-17(21)16(18)15-6-4-3-5-7-15;;/h3-7,14,16H,2,8-13,18H2,1H3,(H,19,21);2*1H. The molecule has 1 aromatic rings. The third-order valence-electron chi connectivity index (χ3n) is 4.25. The molecule has 1 fully saturated rings. The maximum Gasteiger partial charge on any atom is 0.241 e. The number of likely N-dealkylation sites (tertiary alicyclic amines) is 1. The first kappa shape index (κ1) is 22.2. The van der Waals surface area contributed by atoms with Gasteiger partial charge in [-0.1, -0.05) is 37.3 Å². The lowest BCUT2D eigenvalue weighted by Crippen LogP contribution is -2.41. The zero-order valence-electron chi connectivity index (χ0n) is 13.7. The summed E-state index contributed by atoms with van der Waals surface area (Å²) >= 11 is 0. The number of nitrogens with two attached hydrogens (primary N) is 1. The molecule has 1 amide bonds. The second-order valence-electron chi connectivity index (χ2n) is 5.92. The van der Waals surface area contributed by atoms with Crippen LogP contribution < -0.4 is 11.1 Å². The van der Waals surface area contributed by atoms with Crippen LogP contribution in [0.2, 0.25) is 0 Å². The van der Waals surface area contributed by atoms with Crippen LogP contribution in [-0.2, 0) is 4.79 Å². The number of carbonyl (C=O) groups is 1. The van der Waals surface area contributed by atoms with E-state index in [0.29, 0.717) is 5.92 Å². The Morgan fingerprint density at radius 3 is 2.43 bits per heavy atom. The number of carbonyl (C=O) groups excluding carboxylic acids is 1. The maximum absolute atomic E-state index is 12.1. The molecule has 4 nitrogen and oxygen atoms in total. The highest BCUT2D eigenvalue weighted by atomic mass is 35.5. The van der Waals surface area contributed by atoms with Gasteiger partial charge in [0.05, 0.1) is 0 Å². The third-order valence-corrected chi connectivity index (χ3v) is 4.25. The average Bonchev–Trinajstić information content (AvgIpc) is 2.54. The fourth-order valence-corrected chi connectivity index (χ4v) is 2.90. The van der Waals surface area contributed by atoms with E-state index >= 15 is 0 Å². The predicted molar refractivity (Wildman–Crippen MR) is 100 cm³/mol. The van der Waals surface area contributed by atoms with Crippen molar-refractivity contribution in [3.05, 3.63) is 35.9 Å². The molecule has 0 aliphatic carbocycles. The van der Waals surface area contributed by atoms with Crippen molar-refractivity contribution in [2.45, 2.75) is 32.2 Å². The van der Waals surface area contributed by atoms with E-state index in [1.54, 1.807) is 0 Å². The van der Waals surface area contributed by atoms with Gasteiger partial charge in [0.1, 0.15) is 6.04 Å². The molecule has 23 heavy (non-hydrogen) atoms. The highest BCUT2D eigenvalue weighted by molar-refractivity contribution is 5.85. The van der Waals surface area contributed by atoms with Crippen molar-refractivity contribution in [3.63, 3.8) is 0 Å². The summed E-state index contributed by atoms with van der Waals surface area (Å²) in [4.78, 5) is 14.6. The first-order valence-corrected chi connectivity index (χ1v) is 8.01. The summed E-state index contributed by atoms with van der Waals surface area (Å²) in [5, 5.41) is 3.02. The van der Waals surface area contributed by atoms with Crippen molar-refractivity contribution in [1.29, 1.82) is 0 Å². The van der Waals surface area contributed by atoms with Crippen LogP contribution in [0.25, 0.3) is 0 Å². The molecule has 1 saturated heterocycles. The Hall–Kier alpha value is -0.810. The van der Waals surface area contributed by atoms with Crippen LogP contribution in [0.1, 0.15) is 37.8 Å². The van der Waals surface area contributed by atoms with Crippen molar-refractivity contribution in [2.24, 2.45) is 11.7 Å². The lowest BCUT2D eigenvalue weighted by molar-refractivity contribution is -0.122. The molecule has 0 aromatic heterocycles. The molecule has 0 spiro atoms. The molecule has 1 heterocycles. The summed E-state index contributed by atoms with van der Waals surface area (Å²) in [6.45, 7) is 6.47. The number of benzene rings is 1. The highest BCUT2D eigenvalue weighted by Crippen LogP contribution is 2.17. The summed E-state index contributed by atoms with van der Waals surface area (Å²) in [6, 6.07) is 8.98. The molecule has 1 atom stereocenters. The topological polar surface area (TPSA) is 58.4 Å². The molecular weight excluding hydrogens is 333 g/mol. The molecule has 132 valence electrons. The Balaban J connectivity index is 0.00000242. The fraction of sp³-hybridized carbons (Fsp3) is 0.588. The molecular formula is C17H29Cl2N3O. The molecule has 1 aromatic carbocycles. The molecule has 1 unspecified atom stereocenters. The van der Waals surface area contributed by atoms with E-state index in [1.165, 1.54) is 25.8 Å². The van der Waals surface area contributed by atoms with Crippen LogP contribution in [0.5, 0.6) is 0 Å². The van der Waals surface area contributed by atoms with Gasteiger partial charge in [-0.3, -0.25) is 4.79 Å². The van der Waals surface area contributed by atoms with E-state index in [4.69, 9.17) is 5.73 Å². The summed E-state index contributed by atoms with van der Waals surface area (Å²) in [7, 11) is 0. The van der Waals surface area contributed by atoms with Gasteiger partial charge >= 0.3 is 0 Å². The van der Waals surface area contributed by atoms with Crippen LogP contribution in [-0.4, -0.2) is 37.0 Å². The summed E-state index contributed by atoms with van der Waals surface area (Å²) in [6.07, 6.45) is 3.55. The zero-order chi connectivity index (χ0) is 15.1. The van der Waals surface area contributed by atoms with Crippen molar-refractivity contribution >= 4 is 30.7 Å². The summed E-state index contributed by atoms with van der Waals surface area (Å²) in [5.74, 6) is 0.516. The van der Waals surface area contributed by atoms with E-state index in [-0.39, 0.29) is 30.7 Å². The molecule has 1 aliphatic heterocycles. The van der Waals surface area contributed by atoms with Gasteiger partial charge < -0.3 is 16.0 Å². The van der Waals surface area contributed by atoms with Crippen molar-refractivity contribution in [1.82, 2.24) is 10.2 Å². The molecule has 0 bridgehead atoms. The fourth-order valence-electron chi connectivity index (χ4n) is 2.90. The van der Waals surface area contributed by atoms with Gasteiger partial charge in [-0.05, 0) is 50.4 Å². The third kappa shape index (κ3) is 7.08. The normalized spacial score (nSPS) is 16.8. The predicted octanol–water partition coefficient (Wildman–Crippen LogP) is 2.77. The van der Waals surface area contributed by atoms with E-state index in [0.717, 1.165) is 25.2 Å². The van der Waals surface area contributed by atoms with E-state index in [9.17, 15) is 4.79 Å². The lowest BCUT2D eigenvalue weighted by Gasteiger charge is -2.31. The van der Waals surface area contributed by atoms with Gasteiger partial charge in [0.25, 0.3) is 0 Å². The molecule has 3 N–H and O–H groups in total. The van der Waals surface area contributed by atoms with Gasteiger partial charge in [0.2, 0.25) is 5.91 Å². The number of piperidine rings is 1. The van der Waals surface area contributed by atoms with Gasteiger partial charge in [0, 0.05) is 6.54 Å². The molecule has 6 heteroatoms. The number of rotatable bonds is 6. The average molecular weight is 362 g/mol. The van der Waals surface area contributed by atoms with E-state index < -0.39 is 6.04 Å². The molecule has 1 aliphatic rings. The Morgan fingerprint density at radius 2 is 1.87 bits per heavy atom. The summed E-state index contributed by atoms with van der Waals surface area (Å²) in [5.41, 5.74) is 6.86. The van der Waals surface area contributed by atoms with Crippen LogP contribution >= 0.6 is 24.8 Å². The van der Waals surface area contributed by atoms with Gasteiger partial charge in [-0.15, -0.1) is 24.8 Å². The van der Waals surface area contributed by atoms with Crippen LogP contribution in [0.4, 0.5) is 0 Å². The van der Waals surface area contributed by atoms with Crippen molar-refractivity contribution < 1.29 is 4.79 Å². The minimum absolute atomic E-state index is 0. The second-order valence-corrected chi connectivity index (χ2v) is 5.92. The van der Waals surface area contributed by atoms with Gasteiger partial charge in [-0.2, -0.15) is 0 Å². The molecule has 0 saturated carbocycles. The number of amides is 1. The zero-order valence-corrected chi connectivity index (χ0v) is 15.4. The first-order chi connectivity index (χ1) is 10.2. The Morgan fingerprint density at radius 1 is 1.26 bits per heavy atom. The maximum atomic E-state index is 12.1. The number of nitrogens with one attached hydrogen (secondary N) is 1. The van der Waals surface area contributed by atoms with Crippen molar-refractivity contribution in [3.8, 4) is 0 Å². The second kappa shape index (κ2) is 11.7. The largest absolute Gasteiger partial charge is 0.354 e. The van der Waals surface area contributed by atoms with Gasteiger partial charge in [-0.25, -0.2) is 0 Å². The summed E-state index contributed by atoms with van der Waals surface area (Å²) < 4.78 is 0. The minimum atomic E-state index is -0.564. The minimum Gasteiger partial charge on any atom is -0.354 e. The monoisotopic (exact) mass is 361 g/mol. The Kier molecular flexibility index (Phi) is 11.3. The highest BCUT2D eigenvalue weighted by Gasteiger charge is 2.21. The van der Waals surface area contributed by atoms with E-state index in [1.807, 2.05) is 30.3 Å². The van der Waals surface area contributed by atoms with Gasteiger partial charge in [0.15, 0.2) is 0 Å². The SMILES string of the molecule is CCCN1CCC(CNC(=O)C(N)c2ccccc2)CC1.Cl.Cl. The lowest BCUT2D eigenvalue weighted by atomic mass is 9.96. The van der Waals surface area contributed by atoms with Crippen LogP contribution in [0, 0.1) is 5.92 Å². The quantitative estimate of drug-likeness (QED) is 0.818. The number of hydrogen-bond acceptors (Lipinski definition) is 3. The first-order valence-electron chi connectivity index (χ1n) is 8.01. The Labute approximate surface area is 152 Å². The number of halogens is 2. The van der Waals surface area contributed by atoms with Crippen molar-refractivity contribution in [2.75, 3.05) is 26.2 Å².